The third kappa shape index (κ3) is 1.34. The van der Waals surface area contributed by atoms with Gasteiger partial charge in [-0.1, -0.05) is 23.2 Å². The predicted octanol–water partition coefficient (Wildman–Crippen LogP) is 2.20. The summed E-state index contributed by atoms with van der Waals surface area (Å²) >= 11 is 12.4. The van der Waals surface area contributed by atoms with Crippen molar-refractivity contribution in [1.29, 1.82) is 0 Å². The molecule has 2 rings (SSSR count). The van der Waals surface area contributed by atoms with Gasteiger partial charge in [0.25, 0.3) is 10.0 Å². The Labute approximate surface area is 88.2 Å². The molecule has 1 aromatic heterocycles. The maximum Gasteiger partial charge on any atom is 0.288 e. The number of hydrogen-bond acceptors (Lipinski definition) is 4. The fourth-order valence-corrected chi connectivity index (χ4v) is 4.14. The molecule has 8 heteroatoms. The van der Waals surface area contributed by atoms with Crippen LogP contribution in [0.3, 0.4) is 0 Å². The molecule has 0 saturated carbocycles. The largest absolute Gasteiger partial charge is 0.343 e. The van der Waals surface area contributed by atoms with Crippen molar-refractivity contribution in [2.45, 2.75) is 4.90 Å². The minimum Gasteiger partial charge on any atom is -0.343 e. The van der Waals surface area contributed by atoms with Gasteiger partial charge in [-0.05, 0) is 0 Å². The molecule has 1 N–H and O–H groups in total. The minimum atomic E-state index is -3.65. The van der Waals surface area contributed by atoms with E-state index < -0.39 is 10.0 Å². The van der Waals surface area contributed by atoms with Gasteiger partial charge in [0.05, 0.1) is 5.69 Å². The second-order valence-electron chi connectivity index (χ2n) is 2.21. The number of anilines is 1. The van der Waals surface area contributed by atoms with Gasteiger partial charge in [-0.2, -0.15) is 8.42 Å². The number of fused-ring (bicyclic) bond motifs is 1. The molecule has 4 nitrogen and oxygen atoms in total. The van der Waals surface area contributed by atoms with Crippen LogP contribution >= 0.6 is 34.5 Å². The van der Waals surface area contributed by atoms with Gasteiger partial charge in [-0.15, -0.1) is 15.7 Å². The summed E-state index contributed by atoms with van der Waals surface area (Å²) in [6.07, 6.45) is 1.08. The Kier molecular flexibility index (Phi) is 2.03. The molecule has 0 amide bonds. The standard InChI is InChI=1S/C5H2Cl2N2O2S2/c6-4-2-3(5(7)12-4)13(10,11)9-1-8-2/h1H,(H,8,9). The summed E-state index contributed by atoms with van der Waals surface area (Å²) in [5, 5.41) is 2.63. The van der Waals surface area contributed by atoms with E-state index >= 15 is 0 Å². The Morgan fingerprint density at radius 1 is 1.38 bits per heavy atom. The van der Waals surface area contributed by atoms with Crippen molar-refractivity contribution in [3.8, 4) is 0 Å². The second-order valence-corrected chi connectivity index (χ2v) is 6.00. The first-order valence-electron chi connectivity index (χ1n) is 3.05. The van der Waals surface area contributed by atoms with Gasteiger partial charge in [0.1, 0.15) is 19.9 Å². The summed E-state index contributed by atoms with van der Waals surface area (Å²) in [4.78, 5) is -0.0355. The van der Waals surface area contributed by atoms with E-state index in [4.69, 9.17) is 23.2 Å². The van der Waals surface area contributed by atoms with Crippen LogP contribution in [0.15, 0.2) is 9.29 Å². The van der Waals surface area contributed by atoms with Gasteiger partial charge >= 0.3 is 0 Å². The zero-order valence-corrected chi connectivity index (χ0v) is 9.06. The number of sulfonamides is 1. The Morgan fingerprint density at radius 3 is 2.69 bits per heavy atom. The Hall–Kier alpha value is -0.300. The lowest BCUT2D eigenvalue weighted by atomic mass is 10.5. The maximum atomic E-state index is 11.3. The Bertz CT molecular complexity index is 491. The van der Waals surface area contributed by atoms with Crippen LogP contribution in [0.5, 0.6) is 0 Å². The molecule has 0 aromatic carbocycles. The SMILES string of the molecule is O=S1(=O)N=CNc2c(Cl)sc(Cl)c21. The molecule has 0 radical (unpaired) electrons. The van der Waals surface area contributed by atoms with Crippen LogP contribution < -0.4 is 5.32 Å². The first-order chi connectivity index (χ1) is 6.02. The molecule has 0 spiro atoms. The van der Waals surface area contributed by atoms with Crippen molar-refractivity contribution in [3.05, 3.63) is 8.67 Å². The smallest absolute Gasteiger partial charge is 0.288 e. The second kappa shape index (κ2) is 2.84. The van der Waals surface area contributed by atoms with Crippen molar-refractivity contribution in [2.24, 2.45) is 4.40 Å². The lowest BCUT2D eigenvalue weighted by molar-refractivity contribution is 0.598. The average molecular weight is 257 g/mol. The van der Waals surface area contributed by atoms with E-state index in [-0.39, 0.29) is 9.23 Å². The van der Waals surface area contributed by atoms with Gasteiger partial charge in [-0.3, -0.25) is 0 Å². The van der Waals surface area contributed by atoms with Crippen LogP contribution in [0, 0.1) is 0 Å². The summed E-state index contributed by atoms with van der Waals surface area (Å²) < 4.78 is 26.4. The van der Waals surface area contributed by atoms with Crippen LogP contribution in [0.25, 0.3) is 0 Å². The van der Waals surface area contributed by atoms with E-state index in [0.717, 1.165) is 17.7 Å². The summed E-state index contributed by atoms with van der Waals surface area (Å²) in [5.41, 5.74) is 0.312. The third-order valence-corrected chi connectivity index (χ3v) is 4.60. The first-order valence-corrected chi connectivity index (χ1v) is 6.07. The molecular weight excluding hydrogens is 255 g/mol. The van der Waals surface area contributed by atoms with Gasteiger partial charge in [0.2, 0.25) is 0 Å². The molecular formula is C5H2Cl2N2O2S2. The number of hydrogen-bond donors (Lipinski definition) is 1. The first kappa shape index (κ1) is 9.26. The van der Waals surface area contributed by atoms with Crippen molar-refractivity contribution in [2.75, 3.05) is 5.32 Å². The van der Waals surface area contributed by atoms with Crippen LogP contribution in [-0.2, 0) is 10.0 Å². The van der Waals surface area contributed by atoms with Crippen LogP contribution in [0.2, 0.25) is 8.67 Å². The topological polar surface area (TPSA) is 58.5 Å². The molecule has 0 fully saturated rings. The minimum absolute atomic E-state index is 0.0355. The van der Waals surface area contributed by atoms with E-state index in [1.165, 1.54) is 0 Å². The zero-order chi connectivity index (χ0) is 9.64. The lowest BCUT2D eigenvalue weighted by Crippen LogP contribution is -2.09. The van der Waals surface area contributed by atoms with Crippen molar-refractivity contribution in [1.82, 2.24) is 0 Å². The predicted molar refractivity (Wildman–Crippen MR) is 53.6 cm³/mol. The monoisotopic (exact) mass is 256 g/mol. The highest BCUT2D eigenvalue weighted by Crippen LogP contribution is 2.44. The molecule has 2 heterocycles. The summed E-state index contributed by atoms with van der Waals surface area (Å²) in [5.74, 6) is 0. The van der Waals surface area contributed by atoms with Crippen LogP contribution in [-0.4, -0.2) is 14.8 Å². The van der Waals surface area contributed by atoms with Crippen molar-refractivity contribution in [3.63, 3.8) is 0 Å². The molecule has 70 valence electrons. The third-order valence-electron chi connectivity index (χ3n) is 1.44. The van der Waals surface area contributed by atoms with E-state index in [1.807, 2.05) is 0 Å². The Balaban J connectivity index is 2.83. The van der Waals surface area contributed by atoms with Crippen molar-refractivity contribution >= 4 is 56.6 Å². The fourth-order valence-electron chi connectivity index (χ4n) is 0.929. The average Bonchev–Trinajstić information content (AvgIpc) is 2.27. The molecule has 0 saturated heterocycles. The highest BCUT2D eigenvalue weighted by atomic mass is 35.5. The highest BCUT2D eigenvalue weighted by Gasteiger charge is 2.28. The van der Waals surface area contributed by atoms with E-state index in [2.05, 4.69) is 9.71 Å². The normalized spacial score (nSPS) is 18.0. The molecule has 1 aliphatic rings. The number of nitrogens with one attached hydrogen (secondary N) is 1. The zero-order valence-electron chi connectivity index (χ0n) is 5.91. The van der Waals surface area contributed by atoms with Gasteiger partial charge in [0.15, 0.2) is 0 Å². The lowest BCUT2D eigenvalue weighted by Gasteiger charge is -2.07. The number of rotatable bonds is 0. The van der Waals surface area contributed by atoms with Crippen LogP contribution in [0.4, 0.5) is 5.69 Å². The molecule has 0 bridgehead atoms. The summed E-state index contributed by atoms with van der Waals surface area (Å²) in [7, 11) is -3.65. The van der Waals surface area contributed by atoms with Crippen molar-refractivity contribution < 1.29 is 8.42 Å². The number of halogens is 2. The maximum absolute atomic E-state index is 11.3. The molecule has 0 aliphatic carbocycles. The molecule has 13 heavy (non-hydrogen) atoms. The molecule has 0 atom stereocenters. The summed E-state index contributed by atoms with van der Waals surface area (Å²) in [6, 6.07) is 0. The van der Waals surface area contributed by atoms with Crippen LogP contribution in [0.1, 0.15) is 0 Å². The highest BCUT2D eigenvalue weighted by molar-refractivity contribution is 7.90. The van der Waals surface area contributed by atoms with E-state index in [0.29, 0.717) is 10.0 Å². The van der Waals surface area contributed by atoms with E-state index in [1.54, 1.807) is 0 Å². The fraction of sp³-hybridized carbons (Fsp3) is 0. The van der Waals surface area contributed by atoms with E-state index in [9.17, 15) is 8.42 Å². The Morgan fingerprint density at radius 2 is 2.08 bits per heavy atom. The molecule has 1 aliphatic heterocycles. The summed E-state index contributed by atoms with van der Waals surface area (Å²) in [6.45, 7) is 0. The van der Waals surface area contributed by atoms with Gasteiger partial charge < -0.3 is 5.32 Å². The molecule has 0 unspecified atom stereocenters. The number of thiophene rings is 1. The molecule has 1 aromatic rings. The van der Waals surface area contributed by atoms with Gasteiger partial charge in [-0.25, -0.2) is 0 Å². The number of nitrogens with zero attached hydrogens (tertiary/aromatic N) is 1. The van der Waals surface area contributed by atoms with Gasteiger partial charge in [0, 0.05) is 0 Å². The quantitative estimate of drug-likeness (QED) is 0.775.